The molecule has 124 valence electrons. The molecule has 2 heterocycles. The molecule has 0 aliphatic carbocycles. The van der Waals surface area contributed by atoms with E-state index in [0.717, 1.165) is 6.42 Å². The first-order chi connectivity index (χ1) is 10.3. The molecule has 0 saturated carbocycles. The van der Waals surface area contributed by atoms with Crippen molar-refractivity contribution in [1.82, 2.24) is 25.1 Å². The molecule has 0 N–H and O–H groups in total. The Hall–Kier alpha value is -1.16. The fourth-order valence-electron chi connectivity index (χ4n) is 2.55. The van der Waals surface area contributed by atoms with Gasteiger partial charge in [-0.3, -0.25) is 4.79 Å². The van der Waals surface area contributed by atoms with Gasteiger partial charge in [-0.2, -0.15) is 0 Å². The van der Waals surface area contributed by atoms with Crippen molar-refractivity contribution in [2.45, 2.75) is 43.9 Å². The summed E-state index contributed by atoms with van der Waals surface area (Å²) in [7, 11) is -1.31. The van der Waals surface area contributed by atoms with Crippen molar-refractivity contribution in [3.05, 3.63) is 0 Å². The molecule has 1 aromatic rings. The first-order valence-corrected chi connectivity index (χ1v) is 10.0. The Morgan fingerprint density at radius 1 is 1.55 bits per heavy atom. The number of sulfone groups is 1. The van der Waals surface area contributed by atoms with Crippen LogP contribution in [-0.4, -0.2) is 68.8 Å². The van der Waals surface area contributed by atoms with E-state index < -0.39 is 9.84 Å². The summed E-state index contributed by atoms with van der Waals surface area (Å²) in [6.45, 7) is 3.95. The molecule has 8 nitrogen and oxygen atoms in total. The van der Waals surface area contributed by atoms with E-state index in [4.69, 9.17) is 0 Å². The van der Waals surface area contributed by atoms with Crippen LogP contribution in [-0.2, 0) is 21.7 Å². The molecular formula is C12H21N5O3S2. The smallest absolute Gasteiger partial charge is 0.233 e. The minimum Gasteiger partial charge on any atom is -0.335 e. The van der Waals surface area contributed by atoms with Crippen LogP contribution in [0.25, 0.3) is 0 Å². The Labute approximate surface area is 134 Å². The maximum Gasteiger partial charge on any atom is 0.233 e. The van der Waals surface area contributed by atoms with Gasteiger partial charge in [-0.15, -0.1) is 5.10 Å². The molecule has 0 unspecified atom stereocenters. The van der Waals surface area contributed by atoms with Gasteiger partial charge in [-0.25, -0.2) is 13.1 Å². The van der Waals surface area contributed by atoms with Gasteiger partial charge >= 0.3 is 0 Å². The van der Waals surface area contributed by atoms with Crippen LogP contribution in [0.2, 0.25) is 0 Å². The normalized spacial score (nSPS) is 21.7. The number of hydrogen-bond donors (Lipinski definition) is 0. The minimum absolute atomic E-state index is 0.0176. The van der Waals surface area contributed by atoms with Crippen molar-refractivity contribution in [3.8, 4) is 0 Å². The molecule has 0 bridgehead atoms. The quantitative estimate of drug-likeness (QED) is 0.674. The van der Waals surface area contributed by atoms with Crippen molar-refractivity contribution >= 4 is 27.5 Å². The molecule has 1 fully saturated rings. The van der Waals surface area contributed by atoms with Crippen LogP contribution >= 0.6 is 11.8 Å². The fraction of sp³-hybridized carbons (Fsp3) is 0.833. The summed E-state index contributed by atoms with van der Waals surface area (Å²) in [5.41, 5.74) is 0. The summed E-state index contributed by atoms with van der Waals surface area (Å²) >= 11 is 1.26. The summed E-state index contributed by atoms with van der Waals surface area (Å²) in [6.07, 6.45) is 1.31. The highest BCUT2D eigenvalue weighted by Crippen LogP contribution is 2.23. The third-order valence-corrected chi connectivity index (χ3v) is 6.61. The van der Waals surface area contributed by atoms with Crippen LogP contribution < -0.4 is 0 Å². The van der Waals surface area contributed by atoms with Gasteiger partial charge in [0.05, 0.1) is 17.3 Å². The average molecular weight is 347 g/mol. The zero-order valence-electron chi connectivity index (χ0n) is 13.0. The standard InChI is InChI=1S/C12H21N5O3S2/c1-4-9(2)17(10-5-6-22(19,20)8-10)11(18)7-21-12-13-14-15-16(12)3/h9-10H,4-8H2,1-3H3/t9-,10-/m0/s1. The van der Waals surface area contributed by atoms with E-state index in [9.17, 15) is 13.2 Å². The molecule has 1 aromatic heterocycles. The first kappa shape index (κ1) is 17.2. The number of carbonyl (C=O) groups is 1. The first-order valence-electron chi connectivity index (χ1n) is 7.20. The second-order valence-corrected chi connectivity index (χ2v) is 8.66. The Bertz CT molecular complexity index is 630. The summed E-state index contributed by atoms with van der Waals surface area (Å²) in [6, 6.07) is -0.199. The number of carbonyl (C=O) groups excluding carboxylic acids is 1. The van der Waals surface area contributed by atoms with Gasteiger partial charge in [0.15, 0.2) is 9.84 Å². The lowest BCUT2D eigenvalue weighted by Gasteiger charge is -2.33. The van der Waals surface area contributed by atoms with Crippen molar-refractivity contribution in [2.75, 3.05) is 17.3 Å². The van der Waals surface area contributed by atoms with E-state index in [1.165, 1.54) is 16.4 Å². The van der Waals surface area contributed by atoms with Gasteiger partial charge in [0, 0.05) is 19.1 Å². The Balaban J connectivity index is 2.05. The highest BCUT2D eigenvalue weighted by Gasteiger charge is 2.36. The van der Waals surface area contributed by atoms with E-state index >= 15 is 0 Å². The van der Waals surface area contributed by atoms with Crippen LogP contribution in [0.15, 0.2) is 5.16 Å². The molecule has 1 aliphatic heterocycles. The third-order valence-electron chi connectivity index (χ3n) is 3.86. The number of nitrogens with zero attached hydrogens (tertiary/aromatic N) is 5. The molecule has 1 saturated heterocycles. The van der Waals surface area contributed by atoms with E-state index in [1.807, 2.05) is 13.8 Å². The molecule has 0 spiro atoms. The number of hydrogen-bond acceptors (Lipinski definition) is 7. The lowest BCUT2D eigenvalue weighted by atomic mass is 10.1. The molecule has 2 atom stereocenters. The van der Waals surface area contributed by atoms with Gasteiger partial charge in [-0.05, 0) is 30.2 Å². The second kappa shape index (κ2) is 6.95. The maximum absolute atomic E-state index is 12.6. The summed E-state index contributed by atoms with van der Waals surface area (Å²) in [5.74, 6) is 0.372. The summed E-state index contributed by atoms with van der Waals surface area (Å²) in [5, 5.41) is 11.6. The number of thioether (sulfide) groups is 1. The van der Waals surface area contributed by atoms with E-state index in [2.05, 4.69) is 15.5 Å². The van der Waals surface area contributed by atoms with Crippen LogP contribution in [0.1, 0.15) is 26.7 Å². The monoisotopic (exact) mass is 347 g/mol. The highest BCUT2D eigenvalue weighted by molar-refractivity contribution is 7.99. The number of rotatable bonds is 6. The molecule has 10 heteroatoms. The highest BCUT2D eigenvalue weighted by atomic mass is 32.2. The Morgan fingerprint density at radius 3 is 2.77 bits per heavy atom. The van der Waals surface area contributed by atoms with E-state index in [-0.39, 0.29) is 35.2 Å². The van der Waals surface area contributed by atoms with Crippen molar-refractivity contribution in [2.24, 2.45) is 7.05 Å². The molecule has 0 radical (unpaired) electrons. The summed E-state index contributed by atoms with van der Waals surface area (Å²) < 4.78 is 24.9. The number of tetrazole rings is 1. The van der Waals surface area contributed by atoms with E-state index in [1.54, 1.807) is 11.9 Å². The average Bonchev–Trinajstić information content (AvgIpc) is 3.02. The van der Waals surface area contributed by atoms with Crippen molar-refractivity contribution < 1.29 is 13.2 Å². The number of amides is 1. The number of aromatic nitrogens is 4. The van der Waals surface area contributed by atoms with Gasteiger partial charge in [0.1, 0.15) is 0 Å². The molecule has 1 aliphatic rings. The zero-order chi connectivity index (χ0) is 16.3. The van der Waals surface area contributed by atoms with Gasteiger partial charge < -0.3 is 4.90 Å². The molecule has 22 heavy (non-hydrogen) atoms. The largest absolute Gasteiger partial charge is 0.335 e. The topological polar surface area (TPSA) is 98.1 Å². The van der Waals surface area contributed by atoms with Gasteiger partial charge in [0.2, 0.25) is 11.1 Å². The lowest BCUT2D eigenvalue weighted by molar-refractivity contribution is -0.132. The fourth-order valence-corrected chi connectivity index (χ4v) is 4.98. The molecule has 2 rings (SSSR count). The molecular weight excluding hydrogens is 326 g/mol. The van der Waals surface area contributed by atoms with Gasteiger partial charge in [-0.1, -0.05) is 18.7 Å². The zero-order valence-corrected chi connectivity index (χ0v) is 14.6. The predicted molar refractivity (Wildman–Crippen MR) is 83.2 cm³/mol. The van der Waals surface area contributed by atoms with Crippen LogP contribution in [0.5, 0.6) is 0 Å². The van der Waals surface area contributed by atoms with Crippen LogP contribution in [0.4, 0.5) is 0 Å². The van der Waals surface area contributed by atoms with Crippen LogP contribution in [0.3, 0.4) is 0 Å². The Morgan fingerprint density at radius 2 is 2.27 bits per heavy atom. The van der Waals surface area contributed by atoms with Crippen LogP contribution in [0, 0.1) is 0 Å². The van der Waals surface area contributed by atoms with Crippen molar-refractivity contribution in [3.63, 3.8) is 0 Å². The predicted octanol–water partition coefficient (Wildman–Crippen LogP) is 0.116. The molecule has 0 aromatic carbocycles. The third kappa shape index (κ3) is 3.97. The maximum atomic E-state index is 12.6. The minimum atomic E-state index is -3.02. The Kier molecular flexibility index (Phi) is 5.43. The van der Waals surface area contributed by atoms with E-state index in [0.29, 0.717) is 11.6 Å². The second-order valence-electron chi connectivity index (χ2n) is 5.49. The lowest BCUT2D eigenvalue weighted by Crippen LogP contribution is -2.47. The van der Waals surface area contributed by atoms with Gasteiger partial charge in [0.25, 0.3) is 0 Å². The molecule has 1 amide bonds. The SMILES string of the molecule is CC[C@H](C)N(C(=O)CSc1nnnn1C)[C@H]1CCS(=O)(=O)C1. The van der Waals surface area contributed by atoms with Crippen molar-refractivity contribution in [1.29, 1.82) is 0 Å². The number of aryl methyl sites for hydroxylation is 1. The summed E-state index contributed by atoms with van der Waals surface area (Å²) in [4.78, 5) is 14.3.